The summed E-state index contributed by atoms with van der Waals surface area (Å²) in [5.74, 6) is -0.588. The largest absolute Gasteiger partial charge is 0.333 e. The number of rotatable bonds is 4. The van der Waals surface area contributed by atoms with Gasteiger partial charge in [-0.2, -0.15) is 5.10 Å². The van der Waals surface area contributed by atoms with Crippen molar-refractivity contribution < 1.29 is 17.2 Å². The van der Waals surface area contributed by atoms with Crippen molar-refractivity contribution in [1.82, 2.24) is 24.1 Å². The van der Waals surface area contributed by atoms with Gasteiger partial charge in [0.2, 0.25) is 10.0 Å². The number of sulfonamides is 1. The van der Waals surface area contributed by atoms with E-state index in [0.29, 0.717) is 25.1 Å². The fourth-order valence-electron chi connectivity index (χ4n) is 3.19. The van der Waals surface area contributed by atoms with Crippen molar-refractivity contribution in [2.75, 3.05) is 0 Å². The van der Waals surface area contributed by atoms with Crippen LogP contribution in [-0.4, -0.2) is 33.8 Å². The standard InChI is InChI=1S/C17H17F2N5O2S/c1-23-9-13(7-20-23)27(25,26)22-12-3-5-17-21-16(10-24(17)8-12)14-4-2-11(18)6-15(14)19/h2,4,6-7,9-10,12,22H,3,5,8H2,1H3. The molecule has 0 spiro atoms. The Morgan fingerprint density at radius 3 is 2.78 bits per heavy atom. The molecule has 0 aliphatic carbocycles. The average Bonchev–Trinajstić information content (AvgIpc) is 3.20. The van der Waals surface area contributed by atoms with Crippen molar-refractivity contribution in [1.29, 1.82) is 0 Å². The highest BCUT2D eigenvalue weighted by atomic mass is 32.2. The predicted octanol–water partition coefficient (Wildman–Crippen LogP) is 1.86. The molecule has 0 saturated heterocycles. The lowest BCUT2D eigenvalue weighted by Crippen LogP contribution is -2.40. The Morgan fingerprint density at radius 2 is 2.07 bits per heavy atom. The van der Waals surface area contributed by atoms with Crippen molar-refractivity contribution in [3.63, 3.8) is 0 Å². The van der Waals surface area contributed by atoms with E-state index >= 15 is 0 Å². The SMILES string of the molecule is Cn1cc(S(=O)(=O)NC2CCc3nc(-c4ccc(F)cc4F)cn3C2)cn1. The Morgan fingerprint density at radius 1 is 1.26 bits per heavy atom. The van der Waals surface area contributed by atoms with E-state index in [1.54, 1.807) is 17.8 Å². The normalized spacial score (nSPS) is 17.1. The van der Waals surface area contributed by atoms with Gasteiger partial charge in [0.1, 0.15) is 22.4 Å². The number of aryl methyl sites for hydroxylation is 2. The third-order valence-electron chi connectivity index (χ3n) is 4.51. The maximum Gasteiger partial charge on any atom is 0.244 e. The van der Waals surface area contributed by atoms with Crippen LogP contribution in [0.25, 0.3) is 11.3 Å². The van der Waals surface area contributed by atoms with Crippen LogP contribution in [0, 0.1) is 11.6 Å². The number of halogens is 2. The number of hydrogen-bond acceptors (Lipinski definition) is 4. The van der Waals surface area contributed by atoms with E-state index in [2.05, 4.69) is 14.8 Å². The van der Waals surface area contributed by atoms with Gasteiger partial charge in [-0.3, -0.25) is 4.68 Å². The first kappa shape index (κ1) is 17.8. The van der Waals surface area contributed by atoms with Gasteiger partial charge < -0.3 is 4.57 Å². The molecule has 142 valence electrons. The molecule has 4 rings (SSSR count). The van der Waals surface area contributed by atoms with E-state index in [9.17, 15) is 17.2 Å². The summed E-state index contributed by atoms with van der Waals surface area (Å²) in [6.45, 7) is 0.380. The van der Waals surface area contributed by atoms with E-state index in [1.807, 2.05) is 0 Å². The van der Waals surface area contributed by atoms with Crippen LogP contribution >= 0.6 is 0 Å². The molecule has 1 atom stereocenters. The zero-order valence-corrected chi connectivity index (χ0v) is 15.2. The van der Waals surface area contributed by atoms with Crippen LogP contribution in [0.15, 0.2) is 41.7 Å². The quantitative estimate of drug-likeness (QED) is 0.734. The number of imidazole rings is 1. The smallest absolute Gasteiger partial charge is 0.244 e. The van der Waals surface area contributed by atoms with Crippen LogP contribution < -0.4 is 4.72 Å². The maximum absolute atomic E-state index is 14.0. The molecule has 1 aliphatic heterocycles. The zero-order valence-electron chi connectivity index (χ0n) is 14.4. The lowest BCUT2D eigenvalue weighted by atomic mass is 10.1. The minimum absolute atomic E-state index is 0.107. The fraction of sp³-hybridized carbons (Fsp3) is 0.294. The molecule has 1 aromatic carbocycles. The minimum Gasteiger partial charge on any atom is -0.333 e. The van der Waals surface area contributed by atoms with E-state index in [0.717, 1.165) is 11.9 Å². The third kappa shape index (κ3) is 3.50. The second-order valence-electron chi connectivity index (χ2n) is 6.53. The highest BCUT2D eigenvalue weighted by Crippen LogP contribution is 2.26. The van der Waals surface area contributed by atoms with Crippen LogP contribution in [0.2, 0.25) is 0 Å². The highest BCUT2D eigenvalue weighted by molar-refractivity contribution is 7.89. The molecule has 1 aliphatic rings. The molecule has 1 N–H and O–H groups in total. The van der Waals surface area contributed by atoms with Gasteiger partial charge in [-0.25, -0.2) is 26.9 Å². The fourth-order valence-corrected chi connectivity index (χ4v) is 4.44. The van der Waals surface area contributed by atoms with E-state index in [1.165, 1.54) is 29.2 Å². The second kappa shape index (κ2) is 6.54. The number of fused-ring (bicyclic) bond motifs is 1. The lowest BCUT2D eigenvalue weighted by molar-refractivity contribution is 0.421. The molecule has 0 amide bonds. The van der Waals surface area contributed by atoms with Gasteiger partial charge in [-0.05, 0) is 18.6 Å². The number of nitrogens with zero attached hydrogens (tertiary/aromatic N) is 4. The molecule has 3 aromatic rings. The summed E-state index contributed by atoms with van der Waals surface area (Å²) in [5, 5.41) is 3.88. The lowest BCUT2D eigenvalue weighted by Gasteiger charge is -2.24. The average molecular weight is 393 g/mol. The van der Waals surface area contributed by atoms with Gasteiger partial charge in [-0.15, -0.1) is 0 Å². The molecule has 10 heteroatoms. The zero-order chi connectivity index (χ0) is 19.2. The molecule has 3 heterocycles. The number of aromatic nitrogens is 4. The first-order valence-corrected chi connectivity index (χ1v) is 9.82. The molecular weight excluding hydrogens is 376 g/mol. The van der Waals surface area contributed by atoms with Crippen LogP contribution in [-0.2, 0) is 30.0 Å². The molecule has 7 nitrogen and oxygen atoms in total. The third-order valence-corrected chi connectivity index (χ3v) is 5.99. The van der Waals surface area contributed by atoms with Crippen LogP contribution in [0.1, 0.15) is 12.2 Å². The Hall–Kier alpha value is -2.59. The monoisotopic (exact) mass is 393 g/mol. The summed E-state index contributed by atoms with van der Waals surface area (Å²) in [4.78, 5) is 4.52. The molecular formula is C17H17F2N5O2S. The van der Waals surface area contributed by atoms with Crippen molar-refractivity contribution in [2.24, 2.45) is 7.05 Å². The van der Waals surface area contributed by atoms with Crippen molar-refractivity contribution >= 4 is 10.0 Å². The Kier molecular flexibility index (Phi) is 4.31. The first-order chi connectivity index (χ1) is 12.8. The van der Waals surface area contributed by atoms with Crippen molar-refractivity contribution in [2.45, 2.75) is 30.3 Å². The van der Waals surface area contributed by atoms with Crippen molar-refractivity contribution in [3.05, 3.63) is 54.2 Å². The topological polar surface area (TPSA) is 81.8 Å². The van der Waals surface area contributed by atoms with Gasteiger partial charge in [0.05, 0.1) is 11.9 Å². The maximum atomic E-state index is 14.0. The van der Waals surface area contributed by atoms with Crippen LogP contribution in [0.3, 0.4) is 0 Å². The minimum atomic E-state index is -3.67. The highest BCUT2D eigenvalue weighted by Gasteiger charge is 2.26. The van der Waals surface area contributed by atoms with Gasteiger partial charge in [-0.1, -0.05) is 0 Å². The summed E-state index contributed by atoms with van der Waals surface area (Å²) < 4.78 is 57.9. The van der Waals surface area contributed by atoms with Gasteiger partial charge in [0, 0.05) is 50.1 Å². The Labute approximate surface area is 154 Å². The summed E-state index contributed by atoms with van der Waals surface area (Å²) in [5.41, 5.74) is 0.615. The number of benzene rings is 1. The van der Waals surface area contributed by atoms with Gasteiger partial charge in [0.15, 0.2) is 0 Å². The first-order valence-electron chi connectivity index (χ1n) is 8.34. The molecule has 0 fully saturated rings. The van der Waals surface area contributed by atoms with Gasteiger partial charge in [0.25, 0.3) is 0 Å². The summed E-state index contributed by atoms with van der Waals surface area (Å²) in [6.07, 6.45) is 5.51. The summed E-state index contributed by atoms with van der Waals surface area (Å²) in [6, 6.07) is 3.03. The molecule has 27 heavy (non-hydrogen) atoms. The molecule has 1 unspecified atom stereocenters. The Balaban J connectivity index is 1.54. The van der Waals surface area contributed by atoms with Crippen molar-refractivity contribution in [3.8, 4) is 11.3 Å². The molecule has 0 radical (unpaired) electrons. The van der Waals surface area contributed by atoms with Gasteiger partial charge >= 0.3 is 0 Å². The van der Waals surface area contributed by atoms with E-state index in [-0.39, 0.29) is 16.5 Å². The molecule has 0 bridgehead atoms. The van der Waals surface area contributed by atoms with Crippen LogP contribution in [0.4, 0.5) is 8.78 Å². The summed E-state index contributed by atoms with van der Waals surface area (Å²) in [7, 11) is -2.02. The number of nitrogens with one attached hydrogen (secondary N) is 1. The second-order valence-corrected chi connectivity index (χ2v) is 8.24. The summed E-state index contributed by atoms with van der Waals surface area (Å²) >= 11 is 0. The van der Waals surface area contributed by atoms with E-state index < -0.39 is 21.7 Å². The van der Waals surface area contributed by atoms with E-state index in [4.69, 9.17) is 0 Å². The molecule has 0 saturated carbocycles. The molecule has 2 aromatic heterocycles. The predicted molar refractivity (Wildman–Crippen MR) is 93.2 cm³/mol. The Bertz CT molecular complexity index is 1110. The van der Waals surface area contributed by atoms with Crippen LogP contribution in [0.5, 0.6) is 0 Å². The number of hydrogen-bond donors (Lipinski definition) is 1.